The number of hydrogen-bond acceptors (Lipinski definition) is 5. The minimum atomic E-state index is -2.04. The van der Waals surface area contributed by atoms with Crippen LogP contribution in [0, 0.1) is 0 Å². The lowest BCUT2D eigenvalue weighted by Gasteiger charge is -2.34. The molecule has 0 saturated carbocycles. The molecule has 1 aliphatic heterocycles. The van der Waals surface area contributed by atoms with Crippen molar-refractivity contribution >= 4 is 35.2 Å². The maximum Gasteiger partial charge on any atom is 0.341 e. The molecule has 1 atom stereocenters. The van der Waals surface area contributed by atoms with Crippen LogP contribution < -0.4 is 4.74 Å². The largest absolute Gasteiger partial charge is 0.462 e. The summed E-state index contributed by atoms with van der Waals surface area (Å²) >= 11 is 12.2. The standard InChI is InChI=1S/C17H13Cl2NO4/c1-2-23-16(21)13-8-10-7-12(18)9-14(19)15(10)24-17(13,22)11-3-5-20-6-4-11/h3-9,22H,2H2,1H3/t17-/m1/s1. The summed E-state index contributed by atoms with van der Waals surface area (Å²) in [6.07, 6.45) is 4.44. The average Bonchev–Trinajstić information content (AvgIpc) is 2.56. The summed E-state index contributed by atoms with van der Waals surface area (Å²) in [6.45, 7) is 1.83. The van der Waals surface area contributed by atoms with Gasteiger partial charge in [-0.15, -0.1) is 0 Å². The van der Waals surface area contributed by atoms with Crippen LogP contribution in [-0.2, 0) is 15.3 Å². The zero-order valence-electron chi connectivity index (χ0n) is 12.6. The molecule has 0 saturated heterocycles. The van der Waals surface area contributed by atoms with Gasteiger partial charge >= 0.3 is 5.97 Å². The third-order valence-electron chi connectivity index (χ3n) is 3.52. The van der Waals surface area contributed by atoms with Crippen molar-refractivity contribution in [3.05, 3.63) is 63.4 Å². The number of aliphatic hydroxyl groups is 1. The van der Waals surface area contributed by atoms with E-state index in [1.165, 1.54) is 24.5 Å². The number of aromatic nitrogens is 1. The number of benzene rings is 1. The highest BCUT2D eigenvalue weighted by molar-refractivity contribution is 6.36. The van der Waals surface area contributed by atoms with Crippen molar-refractivity contribution in [2.24, 2.45) is 0 Å². The topological polar surface area (TPSA) is 68.7 Å². The smallest absolute Gasteiger partial charge is 0.341 e. The van der Waals surface area contributed by atoms with Crippen molar-refractivity contribution in [3.8, 4) is 5.75 Å². The van der Waals surface area contributed by atoms with E-state index in [9.17, 15) is 9.90 Å². The van der Waals surface area contributed by atoms with E-state index in [2.05, 4.69) is 4.98 Å². The molecule has 0 amide bonds. The number of halogens is 2. The van der Waals surface area contributed by atoms with Gasteiger partial charge in [0.05, 0.1) is 11.6 Å². The number of esters is 1. The Hall–Kier alpha value is -2.08. The minimum absolute atomic E-state index is 0.0682. The zero-order chi connectivity index (χ0) is 17.3. The van der Waals surface area contributed by atoms with Gasteiger partial charge in [-0.2, -0.15) is 0 Å². The summed E-state index contributed by atoms with van der Waals surface area (Å²) in [6, 6.07) is 6.18. The Morgan fingerprint density at radius 3 is 2.71 bits per heavy atom. The number of carbonyl (C=O) groups is 1. The van der Waals surface area contributed by atoms with E-state index in [0.717, 1.165) is 0 Å². The first-order chi connectivity index (χ1) is 11.5. The normalized spacial score (nSPS) is 19.1. The number of nitrogens with zero attached hydrogens (tertiary/aromatic N) is 1. The summed E-state index contributed by atoms with van der Waals surface area (Å²) in [5, 5.41) is 11.7. The van der Waals surface area contributed by atoms with Gasteiger partial charge in [0.25, 0.3) is 5.79 Å². The Bertz CT molecular complexity index is 823. The number of pyridine rings is 1. The Kier molecular flexibility index (Phi) is 4.49. The molecule has 1 N–H and O–H groups in total. The lowest BCUT2D eigenvalue weighted by Crippen LogP contribution is -2.40. The molecule has 0 bridgehead atoms. The van der Waals surface area contributed by atoms with E-state index in [0.29, 0.717) is 16.1 Å². The highest BCUT2D eigenvalue weighted by Crippen LogP contribution is 2.45. The van der Waals surface area contributed by atoms with Crippen LogP contribution in [0.3, 0.4) is 0 Å². The van der Waals surface area contributed by atoms with E-state index >= 15 is 0 Å². The van der Waals surface area contributed by atoms with E-state index in [4.69, 9.17) is 32.7 Å². The first kappa shape index (κ1) is 16.8. The highest BCUT2D eigenvalue weighted by Gasteiger charge is 2.45. The van der Waals surface area contributed by atoms with Crippen LogP contribution in [0.1, 0.15) is 18.1 Å². The number of ether oxygens (including phenoxy) is 2. The SMILES string of the molecule is CCOC(=O)C1=Cc2cc(Cl)cc(Cl)c2O[C@]1(O)c1ccncc1. The van der Waals surface area contributed by atoms with Crippen LogP contribution in [0.5, 0.6) is 5.75 Å². The zero-order valence-corrected chi connectivity index (χ0v) is 14.1. The quantitative estimate of drug-likeness (QED) is 0.842. The molecule has 0 spiro atoms. The van der Waals surface area contributed by atoms with Crippen LogP contribution in [0.4, 0.5) is 0 Å². The number of fused-ring (bicyclic) bond motifs is 1. The van der Waals surface area contributed by atoms with Gasteiger partial charge in [0.2, 0.25) is 0 Å². The molecular formula is C17H13Cl2NO4. The fourth-order valence-electron chi connectivity index (χ4n) is 2.45. The summed E-state index contributed by atoms with van der Waals surface area (Å²) in [4.78, 5) is 16.3. The number of hydrogen-bond donors (Lipinski definition) is 1. The van der Waals surface area contributed by atoms with Gasteiger partial charge in [-0.3, -0.25) is 4.98 Å². The van der Waals surface area contributed by atoms with E-state index in [-0.39, 0.29) is 23.0 Å². The van der Waals surface area contributed by atoms with Crippen molar-refractivity contribution in [1.82, 2.24) is 4.98 Å². The van der Waals surface area contributed by atoms with E-state index in [1.54, 1.807) is 25.1 Å². The summed E-state index contributed by atoms with van der Waals surface area (Å²) in [5.74, 6) is -2.51. The molecule has 0 radical (unpaired) electrons. The van der Waals surface area contributed by atoms with Gasteiger partial charge in [-0.25, -0.2) is 4.79 Å². The molecule has 2 heterocycles. The Labute approximate surface area is 148 Å². The van der Waals surface area contributed by atoms with Crippen molar-refractivity contribution in [2.75, 3.05) is 6.61 Å². The van der Waals surface area contributed by atoms with Crippen LogP contribution >= 0.6 is 23.2 Å². The molecule has 7 heteroatoms. The Balaban J connectivity index is 2.21. The van der Waals surface area contributed by atoms with Crippen LogP contribution in [0.15, 0.2) is 42.2 Å². The molecule has 0 fully saturated rings. The highest BCUT2D eigenvalue weighted by atomic mass is 35.5. The Morgan fingerprint density at radius 1 is 1.33 bits per heavy atom. The third kappa shape index (κ3) is 2.86. The molecule has 124 valence electrons. The monoisotopic (exact) mass is 365 g/mol. The first-order valence-electron chi connectivity index (χ1n) is 7.16. The summed E-state index contributed by atoms with van der Waals surface area (Å²) in [7, 11) is 0. The van der Waals surface area contributed by atoms with Crippen molar-refractivity contribution in [2.45, 2.75) is 12.7 Å². The molecular weight excluding hydrogens is 353 g/mol. The van der Waals surface area contributed by atoms with Crippen molar-refractivity contribution in [1.29, 1.82) is 0 Å². The van der Waals surface area contributed by atoms with E-state index in [1.807, 2.05) is 0 Å². The lowest BCUT2D eigenvalue weighted by molar-refractivity contribution is -0.154. The molecule has 5 nitrogen and oxygen atoms in total. The predicted molar refractivity (Wildman–Crippen MR) is 89.8 cm³/mol. The molecule has 0 aliphatic carbocycles. The van der Waals surface area contributed by atoms with Gasteiger partial charge in [0, 0.05) is 28.5 Å². The predicted octanol–water partition coefficient (Wildman–Crippen LogP) is 3.57. The van der Waals surface area contributed by atoms with Crippen LogP contribution in [-0.4, -0.2) is 22.7 Å². The lowest BCUT2D eigenvalue weighted by atomic mass is 9.93. The molecule has 1 aromatic carbocycles. The second-order valence-electron chi connectivity index (χ2n) is 5.07. The molecule has 0 unspecified atom stereocenters. The molecule has 1 aromatic heterocycles. The van der Waals surface area contributed by atoms with Gasteiger partial charge in [-0.05, 0) is 37.3 Å². The van der Waals surface area contributed by atoms with Gasteiger partial charge in [0.15, 0.2) is 0 Å². The molecule has 24 heavy (non-hydrogen) atoms. The first-order valence-corrected chi connectivity index (χ1v) is 7.91. The van der Waals surface area contributed by atoms with Crippen LogP contribution in [0.25, 0.3) is 6.08 Å². The average molecular weight is 366 g/mol. The van der Waals surface area contributed by atoms with Crippen molar-refractivity contribution in [3.63, 3.8) is 0 Å². The number of rotatable bonds is 3. The molecule has 3 rings (SSSR count). The van der Waals surface area contributed by atoms with Crippen LogP contribution in [0.2, 0.25) is 10.0 Å². The minimum Gasteiger partial charge on any atom is -0.462 e. The summed E-state index contributed by atoms with van der Waals surface area (Å²) in [5.41, 5.74) is 0.740. The third-order valence-corrected chi connectivity index (χ3v) is 4.02. The molecule has 1 aliphatic rings. The molecule has 2 aromatic rings. The number of carbonyl (C=O) groups excluding carboxylic acids is 1. The fourth-order valence-corrected chi connectivity index (χ4v) is 3.00. The van der Waals surface area contributed by atoms with E-state index < -0.39 is 11.8 Å². The second-order valence-corrected chi connectivity index (χ2v) is 5.91. The van der Waals surface area contributed by atoms with Crippen molar-refractivity contribution < 1.29 is 19.4 Å². The van der Waals surface area contributed by atoms with Gasteiger partial charge < -0.3 is 14.6 Å². The Morgan fingerprint density at radius 2 is 2.04 bits per heavy atom. The maximum atomic E-state index is 12.4. The second kappa shape index (κ2) is 6.43. The summed E-state index contributed by atoms with van der Waals surface area (Å²) < 4.78 is 10.8. The van der Waals surface area contributed by atoms with Gasteiger partial charge in [-0.1, -0.05) is 23.2 Å². The fraction of sp³-hybridized carbons (Fsp3) is 0.176. The van der Waals surface area contributed by atoms with Gasteiger partial charge in [0.1, 0.15) is 11.3 Å². The maximum absolute atomic E-state index is 12.4.